The Morgan fingerprint density at radius 3 is 2.89 bits per heavy atom. The zero-order chi connectivity index (χ0) is 13.0. The van der Waals surface area contributed by atoms with Gasteiger partial charge in [0.2, 0.25) is 0 Å². The van der Waals surface area contributed by atoms with Gasteiger partial charge in [-0.15, -0.1) is 0 Å². The van der Waals surface area contributed by atoms with Gasteiger partial charge in [-0.2, -0.15) is 5.10 Å². The maximum atomic E-state index is 11.7. The molecule has 1 saturated carbocycles. The molecule has 1 heterocycles. The Labute approximate surface area is 121 Å². The molecule has 0 aromatic carbocycles. The average molecular weight is 362 g/mol. The van der Waals surface area contributed by atoms with E-state index in [4.69, 9.17) is 4.74 Å². The van der Waals surface area contributed by atoms with E-state index in [0.717, 1.165) is 3.57 Å². The molecule has 1 aromatic rings. The van der Waals surface area contributed by atoms with Crippen LogP contribution in [0.15, 0.2) is 12.4 Å². The van der Waals surface area contributed by atoms with Crippen molar-refractivity contribution in [2.24, 2.45) is 5.92 Å². The van der Waals surface area contributed by atoms with E-state index in [9.17, 15) is 4.79 Å². The summed E-state index contributed by atoms with van der Waals surface area (Å²) in [6.45, 7) is 2.30. The average Bonchev–Trinajstić information content (AvgIpc) is 2.97. The van der Waals surface area contributed by atoms with Crippen LogP contribution in [0, 0.1) is 9.49 Å². The standard InChI is InChI=1S/C13H19IN2O2/c1-2-18-13(17)7-12(10-5-3-4-6-10)16-9-11(14)8-15-16/h8-10,12H,2-7H2,1H3. The van der Waals surface area contributed by atoms with Gasteiger partial charge in [0.05, 0.1) is 28.8 Å². The minimum absolute atomic E-state index is 0.111. The Morgan fingerprint density at radius 2 is 2.33 bits per heavy atom. The van der Waals surface area contributed by atoms with Crippen LogP contribution in [0.4, 0.5) is 0 Å². The van der Waals surface area contributed by atoms with Gasteiger partial charge in [0.1, 0.15) is 0 Å². The molecule has 1 fully saturated rings. The molecule has 0 radical (unpaired) electrons. The molecule has 100 valence electrons. The van der Waals surface area contributed by atoms with Crippen molar-refractivity contribution < 1.29 is 9.53 Å². The molecule has 1 aliphatic rings. The van der Waals surface area contributed by atoms with Gasteiger partial charge in [-0.05, 0) is 48.3 Å². The van der Waals surface area contributed by atoms with Crippen molar-refractivity contribution >= 4 is 28.6 Å². The van der Waals surface area contributed by atoms with Crippen molar-refractivity contribution in [1.29, 1.82) is 0 Å². The lowest BCUT2D eigenvalue weighted by Gasteiger charge is -2.23. The third-order valence-electron chi connectivity index (χ3n) is 3.53. The predicted molar refractivity (Wildman–Crippen MR) is 77.2 cm³/mol. The summed E-state index contributed by atoms with van der Waals surface area (Å²) in [5.74, 6) is 0.449. The van der Waals surface area contributed by atoms with Crippen LogP contribution in [0.25, 0.3) is 0 Å². The number of hydrogen-bond donors (Lipinski definition) is 0. The lowest BCUT2D eigenvalue weighted by Crippen LogP contribution is -2.22. The van der Waals surface area contributed by atoms with Gasteiger partial charge < -0.3 is 4.74 Å². The van der Waals surface area contributed by atoms with Gasteiger partial charge in [-0.3, -0.25) is 9.48 Å². The van der Waals surface area contributed by atoms with E-state index in [0.29, 0.717) is 18.9 Å². The monoisotopic (exact) mass is 362 g/mol. The number of esters is 1. The quantitative estimate of drug-likeness (QED) is 0.597. The van der Waals surface area contributed by atoms with Gasteiger partial charge in [-0.25, -0.2) is 0 Å². The fourth-order valence-corrected chi connectivity index (χ4v) is 3.12. The number of carbonyl (C=O) groups excluding carboxylic acids is 1. The minimum atomic E-state index is -0.111. The maximum absolute atomic E-state index is 11.7. The first-order valence-corrected chi connectivity index (χ1v) is 7.64. The van der Waals surface area contributed by atoms with Crippen LogP contribution >= 0.6 is 22.6 Å². The van der Waals surface area contributed by atoms with Crippen molar-refractivity contribution in [1.82, 2.24) is 9.78 Å². The highest BCUT2D eigenvalue weighted by atomic mass is 127. The summed E-state index contributed by atoms with van der Waals surface area (Å²) in [6.07, 6.45) is 9.22. The van der Waals surface area contributed by atoms with E-state index in [-0.39, 0.29) is 12.0 Å². The summed E-state index contributed by atoms with van der Waals surface area (Å²) in [5, 5.41) is 4.38. The number of carbonyl (C=O) groups is 1. The zero-order valence-corrected chi connectivity index (χ0v) is 12.8. The molecule has 18 heavy (non-hydrogen) atoms. The number of nitrogens with zero attached hydrogens (tertiary/aromatic N) is 2. The van der Waals surface area contributed by atoms with Gasteiger partial charge in [-0.1, -0.05) is 12.8 Å². The Balaban J connectivity index is 2.09. The molecule has 1 atom stereocenters. The second-order valence-corrected chi connectivity index (χ2v) is 6.01. The Bertz CT molecular complexity index is 399. The first kappa shape index (κ1) is 13.8. The summed E-state index contributed by atoms with van der Waals surface area (Å²) in [7, 11) is 0. The lowest BCUT2D eigenvalue weighted by molar-refractivity contribution is -0.144. The third kappa shape index (κ3) is 3.46. The molecule has 0 amide bonds. The summed E-state index contributed by atoms with van der Waals surface area (Å²) < 4.78 is 8.14. The fourth-order valence-electron chi connectivity index (χ4n) is 2.71. The third-order valence-corrected chi connectivity index (χ3v) is 4.09. The van der Waals surface area contributed by atoms with Gasteiger partial charge in [0.25, 0.3) is 0 Å². The SMILES string of the molecule is CCOC(=O)CC(C1CCCC1)n1cc(I)cn1. The fraction of sp³-hybridized carbons (Fsp3) is 0.692. The van der Waals surface area contributed by atoms with Crippen molar-refractivity contribution in [2.45, 2.75) is 45.1 Å². The van der Waals surface area contributed by atoms with Crippen molar-refractivity contribution in [3.05, 3.63) is 16.0 Å². The van der Waals surface area contributed by atoms with E-state index < -0.39 is 0 Å². The first-order valence-electron chi connectivity index (χ1n) is 6.56. The minimum Gasteiger partial charge on any atom is -0.466 e. The van der Waals surface area contributed by atoms with Gasteiger partial charge in [0, 0.05) is 6.20 Å². The highest BCUT2D eigenvalue weighted by Crippen LogP contribution is 2.36. The van der Waals surface area contributed by atoms with Crippen LogP contribution in [-0.4, -0.2) is 22.4 Å². The van der Waals surface area contributed by atoms with Crippen LogP contribution in [0.1, 0.15) is 45.1 Å². The zero-order valence-electron chi connectivity index (χ0n) is 10.6. The van der Waals surface area contributed by atoms with Crippen LogP contribution in [0.2, 0.25) is 0 Å². The molecular formula is C13H19IN2O2. The molecule has 0 saturated heterocycles. The topological polar surface area (TPSA) is 44.1 Å². The summed E-state index contributed by atoms with van der Waals surface area (Å²) in [5.41, 5.74) is 0. The maximum Gasteiger partial charge on any atom is 0.307 e. The van der Waals surface area contributed by atoms with E-state index in [1.165, 1.54) is 25.7 Å². The Kier molecular flexibility index (Phi) is 5.03. The summed E-state index contributed by atoms with van der Waals surface area (Å²) in [4.78, 5) is 11.7. The van der Waals surface area contributed by atoms with E-state index in [1.807, 2.05) is 24.0 Å². The van der Waals surface area contributed by atoms with Crippen molar-refractivity contribution in [3.63, 3.8) is 0 Å². The Morgan fingerprint density at radius 1 is 1.61 bits per heavy atom. The van der Waals surface area contributed by atoms with Crippen molar-refractivity contribution in [3.8, 4) is 0 Å². The molecule has 0 aliphatic heterocycles. The Hall–Kier alpha value is -0.590. The molecule has 5 heteroatoms. The largest absolute Gasteiger partial charge is 0.466 e. The first-order chi connectivity index (χ1) is 8.70. The van der Waals surface area contributed by atoms with E-state index in [1.54, 1.807) is 0 Å². The molecule has 1 unspecified atom stereocenters. The highest BCUT2D eigenvalue weighted by Gasteiger charge is 2.29. The molecule has 0 bridgehead atoms. The molecule has 0 N–H and O–H groups in total. The van der Waals surface area contributed by atoms with Crippen LogP contribution in [0.3, 0.4) is 0 Å². The second-order valence-electron chi connectivity index (χ2n) is 4.76. The molecule has 0 spiro atoms. The van der Waals surface area contributed by atoms with E-state index >= 15 is 0 Å². The molecule has 4 nitrogen and oxygen atoms in total. The summed E-state index contributed by atoms with van der Waals surface area (Å²) in [6, 6.07) is 0.162. The second kappa shape index (κ2) is 6.54. The highest BCUT2D eigenvalue weighted by molar-refractivity contribution is 14.1. The molecular weight excluding hydrogens is 343 g/mol. The van der Waals surface area contributed by atoms with Gasteiger partial charge >= 0.3 is 5.97 Å². The molecule has 1 aromatic heterocycles. The van der Waals surface area contributed by atoms with Crippen molar-refractivity contribution in [2.75, 3.05) is 6.61 Å². The number of ether oxygens (including phenoxy) is 1. The predicted octanol–water partition coefficient (Wildman–Crippen LogP) is 3.17. The number of rotatable bonds is 5. The van der Waals surface area contributed by atoms with E-state index in [2.05, 4.69) is 27.7 Å². The lowest BCUT2D eigenvalue weighted by atomic mass is 9.95. The summed E-state index contributed by atoms with van der Waals surface area (Å²) >= 11 is 2.25. The van der Waals surface area contributed by atoms with Crippen LogP contribution < -0.4 is 0 Å². The van der Waals surface area contributed by atoms with Crippen LogP contribution in [0.5, 0.6) is 0 Å². The number of aromatic nitrogens is 2. The van der Waals surface area contributed by atoms with Gasteiger partial charge in [0.15, 0.2) is 0 Å². The normalized spacial score (nSPS) is 17.9. The smallest absolute Gasteiger partial charge is 0.307 e. The number of halogens is 1. The number of hydrogen-bond acceptors (Lipinski definition) is 3. The molecule has 1 aliphatic carbocycles. The molecule has 2 rings (SSSR count). The van der Waals surface area contributed by atoms with Crippen LogP contribution in [-0.2, 0) is 9.53 Å².